The smallest absolute Gasteiger partial charge is 0.216 e. The standard InChI is InChI=1S/C9H11NO3S/c1-3-13-8-6-5-7-9(10-8)14(11,12)4-2/h4-7H,2-3H2,1H3. The molecule has 4 nitrogen and oxygen atoms in total. The van der Waals surface area contributed by atoms with E-state index in [4.69, 9.17) is 4.74 Å². The van der Waals surface area contributed by atoms with Gasteiger partial charge in [-0.15, -0.1) is 0 Å². The first-order valence-corrected chi connectivity index (χ1v) is 5.62. The minimum Gasteiger partial charge on any atom is -0.478 e. The molecule has 5 heteroatoms. The Morgan fingerprint density at radius 2 is 2.29 bits per heavy atom. The highest BCUT2D eigenvalue weighted by Gasteiger charge is 2.11. The summed E-state index contributed by atoms with van der Waals surface area (Å²) in [5.74, 6) is 0.301. The molecule has 0 saturated heterocycles. The molecule has 0 aliphatic rings. The van der Waals surface area contributed by atoms with E-state index in [2.05, 4.69) is 11.6 Å². The summed E-state index contributed by atoms with van der Waals surface area (Å²) in [4.78, 5) is 3.82. The van der Waals surface area contributed by atoms with Gasteiger partial charge in [0, 0.05) is 11.5 Å². The third-order valence-corrected chi connectivity index (χ3v) is 2.75. The number of rotatable bonds is 4. The Labute approximate surface area is 83.2 Å². The average Bonchev–Trinajstić information content (AvgIpc) is 2.19. The summed E-state index contributed by atoms with van der Waals surface area (Å²) < 4.78 is 27.7. The number of sulfone groups is 1. The molecule has 1 aromatic heterocycles. The van der Waals surface area contributed by atoms with Crippen molar-refractivity contribution < 1.29 is 13.2 Å². The van der Waals surface area contributed by atoms with E-state index in [-0.39, 0.29) is 5.03 Å². The van der Waals surface area contributed by atoms with Crippen molar-refractivity contribution in [2.24, 2.45) is 0 Å². The van der Waals surface area contributed by atoms with E-state index in [0.29, 0.717) is 12.5 Å². The zero-order valence-corrected chi connectivity index (χ0v) is 8.62. The Bertz CT molecular complexity index is 425. The predicted molar refractivity (Wildman–Crippen MR) is 52.8 cm³/mol. The Morgan fingerprint density at radius 1 is 1.57 bits per heavy atom. The second-order valence-electron chi connectivity index (χ2n) is 2.46. The Morgan fingerprint density at radius 3 is 2.86 bits per heavy atom. The van der Waals surface area contributed by atoms with Gasteiger partial charge >= 0.3 is 0 Å². The molecule has 0 radical (unpaired) electrons. The van der Waals surface area contributed by atoms with Gasteiger partial charge in [0.15, 0.2) is 5.03 Å². The molecule has 0 aliphatic heterocycles. The fourth-order valence-corrected chi connectivity index (χ4v) is 1.52. The second-order valence-corrected chi connectivity index (χ2v) is 4.30. The van der Waals surface area contributed by atoms with Crippen LogP contribution in [0.25, 0.3) is 0 Å². The van der Waals surface area contributed by atoms with Crippen LogP contribution in [-0.2, 0) is 9.84 Å². The van der Waals surface area contributed by atoms with Gasteiger partial charge in [0.25, 0.3) is 0 Å². The quantitative estimate of drug-likeness (QED) is 0.758. The normalized spacial score (nSPS) is 10.9. The minimum atomic E-state index is -3.47. The summed E-state index contributed by atoms with van der Waals surface area (Å²) in [6.07, 6.45) is 0. The fourth-order valence-electron chi connectivity index (χ4n) is 0.868. The van der Waals surface area contributed by atoms with Crippen LogP contribution in [-0.4, -0.2) is 20.0 Å². The minimum absolute atomic E-state index is 0.0431. The molecular formula is C9H11NO3S. The van der Waals surface area contributed by atoms with Gasteiger partial charge in [-0.2, -0.15) is 0 Å². The summed E-state index contributed by atoms with van der Waals surface area (Å²) in [6.45, 7) is 5.47. The van der Waals surface area contributed by atoms with Gasteiger partial charge < -0.3 is 4.74 Å². The van der Waals surface area contributed by atoms with Crippen molar-refractivity contribution in [1.29, 1.82) is 0 Å². The molecule has 14 heavy (non-hydrogen) atoms. The van der Waals surface area contributed by atoms with Gasteiger partial charge in [0.05, 0.1) is 6.61 Å². The third kappa shape index (κ3) is 2.32. The van der Waals surface area contributed by atoms with Crippen molar-refractivity contribution in [3.8, 4) is 5.88 Å². The number of aromatic nitrogens is 1. The van der Waals surface area contributed by atoms with Crippen LogP contribution < -0.4 is 4.74 Å². The highest BCUT2D eigenvalue weighted by Crippen LogP contribution is 2.13. The first-order chi connectivity index (χ1) is 6.60. The molecule has 76 valence electrons. The molecule has 0 unspecified atom stereocenters. The summed E-state index contributed by atoms with van der Waals surface area (Å²) in [5, 5.41) is 0.823. The maximum absolute atomic E-state index is 11.3. The van der Waals surface area contributed by atoms with Gasteiger partial charge in [0.2, 0.25) is 15.7 Å². The second kappa shape index (κ2) is 4.23. The van der Waals surface area contributed by atoms with Crippen molar-refractivity contribution in [2.75, 3.05) is 6.61 Å². The van der Waals surface area contributed by atoms with Crippen LogP contribution in [0.15, 0.2) is 35.2 Å². The van der Waals surface area contributed by atoms with Gasteiger partial charge in [-0.05, 0) is 13.0 Å². The van der Waals surface area contributed by atoms with Crippen LogP contribution in [0.2, 0.25) is 0 Å². The summed E-state index contributed by atoms with van der Waals surface area (Å²) in [5.41, 5.74) is 0. The molecule has 1 rings (SSSR count). The topological polar surface area (TPSA) is 56.3 Å². The number of nitrogens with zero attached hydrogens (tertiary/aromatic N) is 1. The van der Waals surface area contributed by atoms with Gasteiger partial charge in [-0.3, -0.25) is 0 Å². The SMILES string of the molecule is C=CS(=O)(=O)c1cccc(OCC)n1. The van der Waals surface area contributed by atoms with Gasteiger partial charge in [0.1, 0.15) is 0 Å². The Balaban J connectivity index is 3.12. The first-order valence-electron chi connectivity index (χ1n) is 4.07. The third-order valence-electron chi connectivity index (χ3n) is 1.50. The highest BCUT2D eigenvalue weighted by atomic mass is 32.2. The summed E-state index contributed by atoms with van der Waals surface area (Å²) in [7, 11) is -3.47. The van der Waals surface area contributed by atoms with E-state index < -0.39 is 9.84 Å². The zero-order valence-electron chi connectivity index (χ0n) is 7.80. The number of hydrogen-bond acceptors (Lipinski definition) is 4. The van der Waals surface area contributed by atoms with E-state index >= 15 is 0 Å². The molecule has 0 spiro atoms. The first kappa shape index (κ1) is 10.7. The molecule has 1 heterocycles. The molecule has 0 amide bonds. The molecule has 0 fully saturated rings. The lowest BCUT2D eigenvalue weighted by molar-refractivity contribution is 0.324. The van der Waals surface area contributed by atoms with Crippen LogP contribution >= 0.6 is 0 Å². The molecule has 1 aromatic rings. The molecule has 0 aromatic carbocycles. The van der Waals surface area contributed by atoms with Crippen LogP contribution in [0.1, 0.15) is 6.92 Å². The van der Waals surface area contributed by atoms with E-state index in [0.717, 1.165) is 5.41 Å². The highest BCUT2D eigenvalue weighted by molar-refractivity contribution is 7.94. The Kier molecular flexibility index (Phi) is 3.24. The molecular weight excluding hydrogens is 202 g/mol. The van der Waals surface area contributed by atoms with Crippen LogP contribution in [0.3, 0.4) is 0 Å². The molecule has 0 saturated carbocycles. The van der Waals surface area contributed by atoms with E-state index in [1.807, 2.05) is 0 Å². The van der Waals surface area contributed by atoms with Crippen molar-refractivity contribution in [3.05, 3.63) is 30.2 Å². The fraction of sp³-hybridized carbons (Fsp3) is 0.222. The lowest BCUT2D eigenvalue weighted by atomic mass is 10.5. The van der Waals surface area contributed by atoms with E-state index in [1.165, 1.54) is 6.07 Å². The largest absolute Gasteiger partial charge is 0.478 e. The lowest BCUT2D eigenvalue weighted by Crippen LogP contribution is -2.01. The monoisotopic (exact) mass is 213 g/mol. The van der Waals surface area contributed by atoms with Crippen LogP contribution in [0.5, 0.6) is 5.88 Å². The molecule has 0 bridgehead atoms. The van der Waals surface area contributed by atoms with Gasteiger partial charge in [-0.1, -0.05) is 12.6 Å². The Hall–Kier alpha value is -1.36. The maximum atomic E-state index is 11.3. The molecule has 0 aliphatic carbocycles. The van der Waals surface area contributed by atoms with Crippen molar-refractivity contribution in [1.82, 2.24) is 4.98 Å². The van der Waals surface area contributed by atoms with Gasteiger partial charge in [-0.25, -0.2) is 13.4 Å². The number of ether oxygens (including phenoxy) is 1. The summed E-state index contributed by atoms with van der Waals surface area (Å²) in [6, 6.07) is 4.58. The maximum Gasteiger partial charge on any atom is 0.216 e. The average molecular weight is 213 g/mol. The number of pyridine rings is 1. The van der Waals surface area contributed by atoms with Crippen molar-refractivity contribution in [3.63, 3.8) is 0 Å². The molecule has 0 atom stereocenters. The zero-order chi connectivity index (χ0) is 10.6. The van der Waals surface area contributed by atoms with Crippen molar-refractivity contribution >= 4 is 9.84 Å². The van der Waals surface area contributed by atoms with E-state index in [9.17, 15) is 8.42 Å². The number of hydrogen-bond donors (Lipinski definition) is 0. The van der Waals surface area contributed by atoms with Crippen LogP contribution in [0, 0.1) is 0 Å². The van der Waals surface area contributed by atoms with Crippen molar-refractivity contribution in [2.45, 2.75) is 11.9 Å². The predicted octanol–water partition coefficient (Wildman–Crippen LogP) is 1.40. The van der Waals surface area contributed by atoms with Crippen LogP contribution in [0.4, 0.5) is 0 Å². The lowest BCUT2D eigenvalue weighted by Gasteiger charge is -2.02. The summed E-state index contributed by atoms with van der Waals surface area (Å²) >= 11 is 0. The molecule has 0 N–H and O–H groups in total. The van der Waals surface area contributed by atoms with E-state index in [1.54, 1.807) is 19.1 Å².